The van der Waals surface area contributed by atoms with Gasteiger partial charge in [0.2, 0.25) is 0 Å². The van der Waals surface area contributed by atoms with Crippen LogP contribution in [0.5, 0.6) is 0 Å². The highest BCUT2D eigenvalue weighted by Crippen LogP contribution is 2.48. The third-order valence-electron chi connectivity index (χ3n) is 4.12. The normalized spacial score (nSPS) is 13.5. The summed E-state index contributed by atoms with van der Waals surface area (Å²) in [6.45, 7) is 15.4. The zero-order valence-corrected chi connectivity index (χ0v) is 9.78. The number of allylic oxidation sites excluding steroid dienone is 1. The number of hydrogen-bond donors (Lipinski definition) is 0. The maximum atomic E-state index is 4.08. The molecule has 0 aliphatic heterocycles. The highest BCUT2D eigenvalue weighted by atomic mass is 14.4. The van der Waals surface area contributed by atoms with E-state index in [4.69, 9.17) is 0 Å². The van der Waals surface area contributed by atoms with E-state index in [1.807, 2.05) is 0 Å². The molecule has 0 bridgehead atoms. The summed E-state index contributed by atoms with van der Waals surface area (Å²) >= 11 is 0. The van der Waals surface area contributed by atoms with Crippen molar-refractivity contribution < 1.29 is 0 Å². The van der Waals surface area contributed by atoms with Gasteiger partial charge >= 0.3 is 0 Å². The molecule has 0 spiro atoms. The maximum absolute atomic E-state index is 4.08. The van der Waals surface area contributed by atoms with E-state index in [0.29, 0.717) is 11.1 Å². The minimum Gasteiger partial charge on any atom is -0.0996 e. The second-order valence-electron chi connectivity index (χ2n) is 5.28. The van der Waals surface area contributed by atoms with Crippen molar-refractivity contribution in [2.24, 2.45) is 10.8 Å². The van der Waals surface area contributed by atoms with Gasteiger partial charge in [-0.25, -0.2) is 0 Å². The molecular weight excluding hydrogens is 142 g/mol. The fourth-order valence-electron chi connectivity index (χ4n) is 1.27. The van der Waals surface area contributed by atoms with Crippen LogP contribution in [0, 0.1) is 10.8 Å². The maximum Gasteiger partial charge on any atom is 0.0963 e. The van der Waals surface area contributed by atoms with Crippen molar-refractivity contribution in [3.63, 3.8) is 0 Å². The SMILES string of the molecule is BC(B)C(C)(C)C(C)(C)C(=C)C. The molecule has 0 fully saturated rings. The molecular formula is C10H22B2. The van der Waals surface area contributed by atoms with E-state index in [9.17, 15) is 0 Å². The van der Waals surface area contributed by atoms with Gasteiger partial charge in [0, 0.05) is 0 Å². The van der Waals surface area contributed by atoms with Crippen molar-refractivity contribution in [3.05, 3.63) is 12.2 Å². The molecule has 12 heavy (non-hydrogen) atoms. The van der Waals surface area contributed by atoms with Crippen molar-refractivity contribution >= 4 is 15.7 Å². The zero-order chi connectivity index (χ0) is 10.2. The molecule has 0 aliphatic carbocycles. The van der Waals surface area contributed by atoms with Gasteiger partial charge in [0.25, 0.3) is 0 Å². The summed E-state index contributed by atoms with van der Waals surface area (Å²) in [4.78, 5) is 0. The van der Waals surface area contributed by atoms with Crippen molar-refractivity contribution in [2.45, 2.75) is 40.3 Å². The fraction of sp³-hybridized carbons (Fsp3) is 0.800. The minimum absolute atomic E-state index is 0.223. The lowest BCUT2D eigenvalue weighted by molar-refractivity contribution is 0.167. The monoisotopic (exact) mass is 164 g/mol. The molecule has 0 unspecified atom stereocenters. The Kier molecular flexibility index (Phi) is 3.28. The Morgan fingerprint density at radius 3 is 1.58 bits per heavy atom. The standard InChI is InChI=1S/C10H22B2/c1-7(2)9(3,4)10(5,6)8(11)12/h8H,1,11-12H2,2-6H3. The third-order valence-corrected chi connectivity index (χ3v) is 4.12. The molecule has 0 atom stereocenters. The van der Waals surface area contributed by atoms with Crippen LogP contribution in [0.25, 0.3) is 0 Å². The van der Waals surface area contributed by atoms with Crippen molar-refractivity contribution in [1.82, 2.24) is 0 Å². The summed E-state index contributed by atoms with van der Waals surface area (Å²) in [6.07, 6.45) is 0. The fourth-order valence-corrected chi connectivity index (χ4v) is 1.27. The van der Waals surface area contributed by atoms with Gasteiger partial charge in [-0.1, -0.05) is 45.6 Å². The van der Waals surface area contributed by atoms with E-state index in [0.717, 1.165) is 0 Å². The lowest BCUT2D eigenvalue weighted by atomic mass is 9.47. The molecule has 2 heteroatoms. The number of hydrogen-bond acceptors (Lipinski definition) is 0. The molecule has 0 N–H and O–H groups in total. The largest absolute Gasteiger partial charge is 0.0996 e. The minimum atomic E-state index is 0.223. The molecule has 0 aromatic rings. The quantitative estimate of drug-likeness (QED) is 0.439. The first-order valence-electron chi connectivity index (χ1n) is 4.80. The van der Waals surface area contributed by atoms with Crippen LogP contribution in [0.3, 0.4) is 0 Å². The van der Waals surface area contributed by atoms with Gasteiger partial charge in [-0.15, -0.1) is 0 Å². The van der Waals surface area contributed by atoms with E-state index in [2.05, 4.69) is 56.9 Å². The lowest BCUT2D eigenvalue weighted by Gasteiger charge is -2.46. The van der Waals surface area contributed by atoms with E-state index in [1.165, 1.54) is 5.57 Å². The van der Waals surface area contributed by atoms with E-state index in [1.54, 1.807) is 0 Å². The van der Waals surface area contributed by atoms with Crippen LogP contribution in [-0.2, 0) is 0 Å². The molecule has 0 rings (SSSR count). The molecule has 0 aromatic carbocycles. The first-order chi connectivity index (χ1) is 5.14. The van der Waals surface area contributed by atoms with Crippen LogP contribution < -0.4 is 0 Å². The van der Waals surface area contributed by atoms with E-state index >= 15 is 0 Å². The second kappa shape index (κ2) is 3.32. The summed E-state index contributed by atoms with van der Waals surface area (Å²) in [5.41, 5.74) is 2.50. The summed E-state index contributed by atoms with van der Waals surface area (Å²) < 4.78 is 0. The van der Waals surface area contributed by atoms with Crippen LogP contribution in [0.15, 0.2) is 12.2 Å². The Morgan fingerprint density at radius 2 is 1.50 bits per heavy atom. The van der Waals surface area contributed by atoms with Crippen LogP contribution in [0.1, 0.15) is 34.6 Å². The highest BCUT2D eigenvalue weighted by molar-refractivity contribution is 6.36. The summed E-state index contributed by atoms with van der Waals surface area (Å²) in [7, 11) is 4.56. The molecule has 0 heterocycles. The van der Waals surface area contributed by atoms with Gasteiger partial charge in [-0.2, -0.15) is 0 Å². The first kappa shape index (κ1) is 11.9. The van der Waals surface area contributed by atoms with Gasteiger partial charge in [-0.05, 0) is 17.8 Å². The smallest absolute Gasteiger partial charge is 0.0963 e. The average Bonchev–Trinajstić information content (AvgIpc) is 1.86. The van der Waals surface area contributed by atoms with Crippen LogP contribution in [0.2, 0.25) is 5.72 Å². The third kappa shape index (κ3) is 1.78. The van der Waals surface area contributed by atoms with Crippen LogP contribution in [0.4, 0.5) is 0 Å². The molecule has 0 radical (unpaired) electrons. The molecule has 0 aliphatic rings. The molecule has 0 nitrogen and oxygen atoms in total. The molecule has 0 saturated heterocycles. The number of rotatable bonds is 3. The molecule has 0 aromatic heterocycles. The molecule has 0 saturated carbocycles. The van der Waals surface area contributed by atoms with Crippen molar-refractivity contribution in [3.8, 4) is 0 Å². The van der Waals surface area contributed by atoms with Crippen LogP contribution >= 0.6 is 0 Å². The Morgan fingerprint density at radius 1 is 1.17 bits per heavy atom. The van der Waals surface area contributed by atoms with Gasteiger partial charge in [0.15, 0.2) is 0 Å². The Balaban J connectivity index is 4.88. The van der Waals surface area contributed by atoms with Gasteiger partial charge in [0.05, 0.1) is 15.7 Å². The molecule has 0 amide bonds. The van der Waals surface area contributed by atoms with E-state index in [-0.39, 0.29) is 5.41 Å². The Labute approximate surface area is 79.6 Å². The average molecular weight is 164 g/mol. The Bertz CT molecular complexity index is 178. The van der Waals surface area contributed by atoms with Crippen molar-refractivity contribution in [2.75, 3.05) is 0 Å². The first-order valence-corrected chi connectivity index (χ1v) is 4.80. The highest BCUT2D eigenvalue weighted by Gasteiger charge is 2.39. The zero-order valence-electron chi connectivity index (χ0n) is 9.78. The van der Waals surface area contributed by atoms with Crippen LogP contribution in [-0.4, -0.2) is 15.7 Å². The van der Waals surface area contributed by atoms with Gasteiger partial charge < -0.3 is 0 Å². The lowest BCUT2D eigenvalue weighted by Crippen LogP contribution is -2.37. The van der Waals surface area contributed by atoms with E-state index < -0.39 is 0 Å². The predicted octanol–water partition coefficient (Wildman–Crippen LogP) is 1.63. The topological polar surface area (TPSA) is 0 Å². The summed E-state index contributed by atoms with van der Waals surface area (Å²) in [5.74, 6) is 0. The summed E-state index contributed by atoms with van der Waals surface area (Å²) in [5, 5.41) is 0. The molecule has 68 valence electrons. The predicted molar refractivity (Wildman–Crippen MR) is 63.2 cm³/mol. The Hall–Kier alpha value is -0.130. The van der Waals surface area contributed by atoms with Gasteiger partial charge in [-0.3, -0.25) is 0 Å². The van der Waals surface area contributed by atoms with Crippen molar-refractivity contribution in [1.29, 1.82) is 0 Å². The summed E-state index contributed by atoms with van der Waals surface area (Å²) in [6, 6.07) is 0. The van der Waals surface area contributed by atoms with Gasteiger partial charge in [0.1, 0.15) is 0 Å². The second-order valence-corrected chi connectivity index (χ2v) is 5.28.